The summed E-state index contributed by atoms with van der Waals surface area (Å²) in [6.45, 7) is 1.73. The van der Waals surface area contributed by atoms with Gasteiger partial charge in [-0.15, -0.1) is 0 Å². The molecule has 0 saturated heterocycles. The van der Waals surface area contributed by atoms with Gasteiger partial charge in [-0.1, -0.05) is 11.6 Å². The van der Waals surface area contributed by atoms with Crippen LogP contribution < -0.4 is 0 Å². The Bertz CT molecular complexity index is 512. The summed E-state index contributed by atoms with van der Waals surface area (Å²) in [6, 6.07) is 0. The van der Waals surface area contributed by atoms with Crippen molar-refractivity contribution in [2.75, 3.05) is 7.11 Å². The molecule has 0 N–H and O–H groups in total. The Morgan fingerprint density at radius 3 is 2.61 bits per heavy atom. The minimum Gasteiger partial charge on any atom is -0.469 e. The number of hydrogen-bond donors (Lipinski definition) is 0. The van der Waals surface area contributed by atoms with Crippen molar-refractivity contribution in [3.63, 3.8) is 0 Å². The predicted molar refractivity (Wildman–Crippen MR) is 64.7 cm³/mol. The topological polar surface area (TPSA) is 69.2 Å². The number of hydrogen-bond acceptors (Lipinski definition) is 5. The van der Waals surface area contributed by atoms with Gasteiger partial charge in [-0.25, -0.2) is 9.97 Å². The number of ketones is 1. The largest absolute Gasteiger partial charge is 0.469 e. The zero-order valence-corrected chi connectivity index (χ0v) is 11.0. The van der Waals surface area contributed by atoms with Gasteiger partial charge >= 0.3 is 5.97 Å². The van der Waals surface area contributed by atoms with Gasteiger partial charge in [0.1, 0.15) is 17.4 Å². The van der Waals surface area contributed by atoms with Crippen molar-refractivity contribution >= 4 is 23.4 Å². The minimum absolute atomic E-state index is 0.123. The Morgan fingerprint density at radius 2 is 2.06 bits per heavy atom. The van der Waals surface area contributed by atoms with E-state index in [1.165, 1.54) is 7.11 Å². The van der Waals surface area contributed by atoms with Crippen LogP contribution in [-0.4, -0.2) is 28.8 Å². The first-order valence-corrected chi connectivity index (χ1v) is 6.04. The molecule has 1 fully saturated rings. The summed E-state index contributed by atoms with van der Waals surface area (Å²) in [5.74, 6) is -0.163. The molecule has 5 nitrogen and oxygen atoms in total. The molecule has 6 heteroatoms. The summed E-state index contributed by atoms with van der Waals surface area (Å²) in [6.07, 6.45) is 1.65. The van der Waals surface area contributed by atoms with Gasteiger partial charge in [0.2, 0.25) is 0 Å². The van der Waals surface area contributed by atoms with Crippen LogP contribution in [0.15, 0.2) is 0 Å². The fraction of sp³-hybridized carbons (Fsp3) is 0.500. The number of methoxy groups -OCH3 is 1. The fourth-order valence-corrected chi connectivity index (χ4v) is 2.09. The average Bonchev–Trinajstić information content (AvgIpc) is 3.11. The molecule has 1 aliphatic rings. The molecule has 0 radical (unpaired) electrons. The van der Waals surface area contributed by atoms with Crippen molar-refractivity contribution < 1.29 is 14.3 Å². The van der Waals surface area contributed by atoms with Gasteiger partial charge in [-0.05, 0) is 19.8 Å². The molecule has 0 spiro atoms. The van der Waals surface area contributed by atoms with Gasteiger partial charge in [0.05, 0.1) is 18.4 Å². The summed E-state index contributed by atoms with van der Waals surface area (Å²) in [4.78, 5) is 31.4. The van der Waals surface area contributed by atoms with E-state index < -0.39 is 5.97 Å². The molecule has 18 heavy (non-hydrogen) atoms. The number of carbonyl (C=O) groups excluding carboxylic acids is 2. The number of ether oxygens (including phenoxy) is 1. The first-order valence-electron chi connectivity index (χ1n) is 5.67. The highest BCUT2D eigenvalue weighted by Crippen LogP contribution is 2.42. The SMILES string of the molecule is COC(=O)CC(=O)c1c(Cl)nc(C)nc1C1CC1. The van der Waals surface area contributed by atoms with Crippen molar-refractivity contribution in [2.45, 2.75) is 32.1 Å². The van der Waals surface area contributed by atoms with Crippen molar-refractivity contribution in [1.29, 1.82) is 0 Å². The van der Waals surface area contributed by atoms with Crippen LogP contribution in [0.5, 0.6) is 0 Å². The molecule has 1 aromatic rings. The second-order valence-corrected chi connectivity index (χ2v) is 4.63. The number of nitrogens with zero attached hydrogens (tertiary/aromatic N) is 2. The molecule has 0 aromatic carbocycles. The van der Waals surface area contributed by atoms with Gasteiger partial charge < -0.3 is 4.74 Å². The highest BCUT2D eigenvalue weighted by molar-refractivity contribution is 6.33. The number of aromatic nitrogens is 2. The molecule has 1 aliphatic carbocycles. The van der Waals surface area contributed by atoms with E-state index in [9.17, 15) is 9.59 Å². The molecular weight excluding hydrogens is 256 g/mol. The first kappa shape index (κ1) is 13.0. The molecule has 0 aliphatic heterocycles. The Morgan fingerprint density at radius 1 is 1.39 bits per heavy atom. The molecule has 1 heterocycles. The monoisotopic (exact) mass is 268 g/mol. The molecule has 2 rings (SSSR count). The van der Waals surface area contributed by atoms with Crippen LogP contribution in [0.1, 0.15) is 47.1 Å². The van der Waals surface area contributed by atoms with Crippen molar-refractivity contribution in [1.82, 2.24) is 9.97 Å². The standard InChI is InChI=1S/C12H13ClN2O3/c1-6-14-11(7-3-4-7)10(12(13)15-6)8(16)5-9(17)18-2/h7H,3-5H2,1-2H3. The Balaban J connectivity index is 2.36. The van der Waals surface area contributed by atoms with Gasteiger partial charge in [-0.2, -0.15) is 0 Å². The molecular formula is C12H13ClN2O3. The molecule has 0 bridgehead atoms. The maximum Gasteiger partial charge on any atom is 0.313 e. The van der Waals surface area contributed by atoms with Crippen molar-refractivity contribution in [2.24, 2.45) is 0 Å². The highest BCUT2D eigenvalue weighted by Gasteiger charge is 2.32. The Hall–Kier alpha value is -1.49. The Labute approximate surface area is 110 Å². The molecule has 0 atom stereocenters. The lowest BCUT2D eigenvalue weighted by Gasteiger charge is -2.09. The number of halogens is 1. The highest BCUT2D eigenvalue weighted by atomic mass is 35.5. The number of esters is 1. The third kappa shape index (κ3) is 2.67. The third-order valence-corrected chi connectivity index (χ3v) is 3.05. The van der Waals surface area contributed by atoms with Gasteiger partial charge in [0.15, 0.2) is 5.78 Å². The molecule has 1 saturated carbocycles. The van der Waals surface area contributed by atoms with E-state index in [0.29, 0.717) is 11.5 Å². The van der Waals surface area contributed by atoms with E-state index in [2.05, 4.69) is 14.7 Å². The minimum atomic E-state index is -0.585. The number of carbonyl (C=O) groups is 2. The van der Waals surface area contributed by atoms with Crippen LogP contribution in [0.2, 0.25) is 5.15 Å². The van der Waals surface area contributed by atoms with E-state index in [0.717, 1.165) is 12.8 Å². The smallest absolute Gasteiger partial charge is 0.313 e. The van der Waals surface area contributed by atoms with E-state index in [-0.39, 0.29) is 28.8 Å². The molecule has 1 aromatic heterocycles. The van der Waals surface area contributed by atoms with Crippen molar-refractivity contribution in [3.05, 3.63) is 22.2 Å². The molecule has 96 valence electrons. The second kappa shape index (κ2) is 5.02. The van der Waals surface area contributed by atoms with E-state index in [1.807, 2.05) is 0 Å². The maximum atomic E-state index is 12.0. The first-order chi connectivity index (χ1) is 8.52. The van der Waals surface area contributed by atoms with E-state index in [4.69, 9.17) is 11.6 Å². The van der Waals surface area contributed by atoms with Crippen LogP contribution >= 0.6 is 11.6 Å². The summed E-state index contributed by atoms with van der Waals surface area (Å²) in [5, 5.41) is 0.123. The van der Waals surface area contributed by atoms with Crippen LogP contribution in [0.25, 0.3) is 0 Å². The van der Waals surface area contributed by atoms with Gasteiger partial charge in [0, 0.05) is 5.92 Å². The van der Waals surface area contributed by atoms with E-state index in [1.54, 1.807) is 6.92 Å². The quantitative estimate of drug-likeness (QED) is 0.362. The number of rotatable bonds is 4. The lowest BCUT2D eigenvalue weighted by atomic mass is 10.1. The predicted octanol–water partition coefficient (Wildman–Crippen LogP) is 2.06. The average molecular weight is 269 g/mol. The third-order valence-electron chi connectivity index (χ3n) is 2.78. The zero-order valence-electron chi connectivity index (χ0n) is 10.2. The van der Waals surface area contributed by atoms with Crippen LogP contribution in [0.4, 0.5) is 0 Å². The molecule has 0 unspecified atom stereocenters. The maximum absolute atomic E-state index is 12.0. The summed E-state index contributed by atoms with van der Waals surface area (Å²) >= 11 is 6.00. The van der Waals surface area contributed by atoms with E-state index >= 15 is 0 Å². The van der Waals surface area contributed by atoms with Crippen LogP contribution in [0, 0.1) is 6.92 Å². The molecule has 0 amide bonds. The lowest BCUT2D eigenvalue weighted by Crippen LogP contribution is -2.14. The fourth-order valence-electron chi connectivity index (χ4n) is 1.76. The van der Waals surface area contributed by atoms with Gasteiger partial charge in [-0.3, -0.25) is 9.59 Å². The summed E-state index contributed by atoms with van der Waals surface area (Å²) in [5.41, 5.74) is 0.941. The van der Waals surface area contributed by atoms with Gasteiger partial charge in [0.25, 0.3) is 0 Å². The van der Waals surface area contributed by atoms with Crippen LogP contribution in [0.3, 0.4) is 0 Å². The van der Waals surface area contributed by atoms with Crippen molar-refractivity contribution in [3.8, 4) is 0 Å². The normalized spacial score (nSPS) is 14.4. The number of Topliss-reactive ketones (excluding diaryl/α,β-unsaturated/α-hetero) is 1. The lowest BCUT2D eigenvalue weighted by molar-refractivity contribution is -0.139. The second-order valence-electron chi connectivity index (χ2n) is 4.27. The zero-order chi connectivity index (χ0) is 13.3. The summed E-state index contributed by atoms with van der Waals surface area (Å²) in [7, 11) is 1.24. The summed E-state index contributed by atoms with van der Waals surface area (Å²) < 4.78 is 4.48. The van der Waals surface area contributed by atoms with Crippen LogP contribution in [-0.2, 0) is 9.53 Å². The number of aryl methyl sites for hydroxylation is 1. The Kier molecular flexibility index (Phi) is 3.61.